The van der Waals surface area contributed by atoms with Crippen LogP contribution in [0.25, 0.3) is 11.3 Å². The monoisotopic (exact) mass is 531 g/mol. The van der Waals surface area contributed by atoms with Crippen molar-refractivity contribution >= 4 is 22.4 Å². The average molecular weight is 532 g/mol. The minimum Gasteiger partial charge on any atom is -0.353 e. The second kappa shape index (κ2) is 13.1. The third-order valence-electron chi connectivity index (χ3n) is 7.38. The largest absolute Gasteiger partial charge is 0.353 e. The molecular weight excluding hydrogens is 490 g/mol. The van der Waals surface area contributed by atoms with E-state index in [0.717, 1.165) is 67.7 Å². The standard InChI is InChI=1S/C31H41N5OS/c1-6-10-23(7-2)27-21-26(29-12-15-33-31(35-29)34-16-18-38(5)37)20-25-13-17-36(30(25)27)22(4)19-24-11-9-14-32-28(24)8-3/h9,11-12,14-15,20-21,23H,4,6-8,10,13,16-19H2,1-3,5H3,(H,33,34,35). The Hall–Kier alpha value is -3.06. The first kappa shape index (κ1) is 28.0. The molecule has 0 saturated carbocycles. The number of allylic oxidation sites excluding steroid dienone is 1. The molecule has 0 bridgehead atoms. The third kappa shape index (κ3) is 6.49. The van der Waals surface area contributed by atoms with E-state index in [4.69, 9.17) is 4.98 Å². The van der Waals surface area contributed by atoms with Gasteiger partial charge in [-0.25, -0.2) is 9.97 Å². The number of pyridine rings is 1. The van der Waals surface area contributed by atoms with Crippen LogP contribution in [0.15, 0.2) is 55.0 Å². The van der Waals surface area contributed by atoms with Crippen molar-refractivity contribution in [1.29, 1.82) is 0 Å². The van der Waals surface area contributed by atoms with E-state index in [1.54, 1.807) is 12.5 Å². The van der Waals surface area contributed by atoms with Gasteiger partial charge in [0.1, 0.15) is 0 Å². The Balaban J connectivity index is 1.69. The lowest BCUT2D eigenvalue weighted by Crippen LogP contribution is -2.22. The van der Waals surface area contributed by atoms with Crippen LogP contribution in [0.1, 0.15) is 68.3 Å². The molecule has 1 aliphatic rings. The average Bonchev–Trinajstić information content (AvgIpc) is 3.36. The maximum atomic E-state index is 11.4. The lowest BCUT2D eigenvalue weighted by Gasteiger charge is -2.28. The number of nitrogens with zero attached hydrogens (tertiary/aromatic N) is 4. The molecule has 202 valence electrons. The molecule has 6 nitrogen and oxygen atoms in total. The van der Waals surface area contributed by atoms with Crippen molar-refractivity contribution in [2.24, 2.45) is 0 Å². The van der Waals surface area contributed by atoms with Crippen LogP contribution in [0.4, 0.5) is 11.6 Å². The topological polar surface area (TPSA) is 71.0 Å². The maximum Gasteiger partial charge on any atom is 0.223 e. The molecule has 1 aromatic carbocycles. The van der Waals surface area contributed by atoms with E-state index in [-0.39, 0.29) is 0 Å². The number of rotatable bonds is 13. The highest BCUT2D eigenvalue weighted by Crippen LogP contribution is 2.43. The van der Waals surface area contributed by atoms with E-state index in [1.165, 1.54) is 22.4 Å². The molecule has 1 N–H and O–H groups in total. The lowest BCUT2D eigenvalue weighted by atomic mass is 9.87. The van der Waals surface area contributed by atoms with Crippen molar-refractivity contribution in [2.45, 2.75) is 65.2 Å². The Kier molecular flexibility index (Phi) is 9.67. The fourth-order valence-corrected chi connectivity index (χ4v) is 5.85. The van der Waals surface area contributed by atoms with Crippen molar-refractivity contribution in [3.05, 3.63) is 77.4 Å². The first-order valence-corrected chi connectivity index (χ1v) is 15.6. The molecule has 0 spiro atoms. The summed E-state index contributed by atoms with van der Waals surface area (Å²) in [6.07, 6.45) is 11.5. The highest BCUT2D eigenvalue weighted by Gasteiger charge is 2.28. The normalized spacial score (nSPS) is 14.3. The Morgan fingerprint density at radius 3 is 2.76 bits per heavy atom. The lowest BCUT2D eigenvalue weighted by molar-refractivity contribution is 0.596. The molecule has 4 rings (SSSR count). The van der Waals surface area contributed by atoms with Crippen LogP contribution in [-0.2, 0) is 30.1 Å². The number of hydrogen-bond acceptors (Lipinski definition) is 6. The van der Waals surface area contributed by atoms with Crippen molar-refractivity contribution < 1.29 is 4.21 Å². The molecule has 3 heterocycles. The summed E-state index contributed by atoms with van der Waals surface area (Å²) in [5.74, 6) is 1.63. The van der Waals surface area contributed by atoms with Crippen LogP contribution in [0, 0.1) is 0 Å². The Bertz CT molecular complexity index is 1290. The number of benzene rings is 1. The van der Waals surface area contributed by atoms with E-state index in [1.807, 2.05) is 18.3 Å². The van der Waals surface area contributed by atoms with Gasteiger partial charge in [-0.3, -0.25) is 9.19 Å². The second-order valence-corrected chi connectivity index (χ2v) is 11.6. The van der Waals surface area contributed by atoms with Crippen molar-refractivity contribution in [1.82, 2.24) is 15.0 Å². The van der Waals surface area contributed by atoms with Gasteiger partial charge in [0.15, 0.2) is 0 Å². The van der Waals surface area contributed by atoms with E-state index in [9.17, 15) is 4.21 Å². The van der Waals surface area contributed by atoms with E-state index in [2.05, 4.69) is 65.7 Å². The van der Waals surface area contributed by atoms with Crippen LogP contribution in [0.5, 0.6) is 0 Å². The van der Waals surface area contributed by atoms with E-state index < -0.39 is 10.8 Å². The predicted octanol–water partition coefficient (Wildman–Crippen LogP) is 6.30. The van der Waals surface area contributed by atoms with Crippen LogP contribution < -0.4 is 10.2 Å². The molecular formula is C31H41N5OS. The Labute approximate surface area is 230 Å². The number of anilines is 2. The molecule has 2 aromatic heterocycles. The first-order chi connectivity index (χ1) is 18.4. The summed E-state index contributed by atoms with van der Waals surface area (Å²) in [6.45, 7) is 12.8. The molecule has 0 saturated heterocycles. The fraction of sp³-hybridized carbons (Fsp3) is 0.452. The molecule has 3 aromatic rings. The molecule has 0 radical (unpaired) electrons. The van der Waals surface area contributed by atoms with Crippen LogP contribution in [0.2, 0.25) is 0 Å². The smallest absolute Gasteiger partial charge is 0.223 e. The summed E-state index contributed by atoms with van der Waals surface area (Å²) >= 11 is 0. The number of aryl methyl sites for hydroxylation is 1. The van der Waals surface area contributed by atoms with Gasteiger partial charge in [-0.1, -0.05) is 39.8 Å². The van der Waals surface area contributed by atoms with Crippen molar-refractivity contribution in [3.8, 4) is 11.3 Å². The third-order valence-corrected chi connectivity index (χ3v) is 8.16. The second-order valence-electron chi connectivity index (χ2n) is 10.0. The van der Waals surface area contributed by atoms with Gasteiger partial charge < -0.3 is 10.2 Å². The van der Waals surface area contributed by atoms with Crippen LogP contribution >= 0.6 is 0 Å². The zero-order valence-electron chi connectivity index (χ0n) is 23.3. The quantitative estimate of drug-likeness (QED) is 0.279. The van der Waals surface area contributed by atoms with Crippen molar-refractivity contribution in [3.63, 3.8) is 0 Å². The number of nitrogens with one attached hydrogen (secondary N) is 1. The van der Waals surface area contributed by atoms with Crippen molar-refractivity contribution in [2.75, 3.05) is 35.3 Å². The Morgan fingerprint density at radius 1 is 1.18 bits per heavy atom. The number of hydrogen-bond donors (Lipinski definition) is 1. The summed E-state index contributed by atoms with van der Waals surface area (Å²) in [4.78, 5) is 16.2. The van der Waals surface area contributed by atoms with Gasteiger partial charge in [0.05, 0.1) is 5.69 Å². The summed E-state index contributed by atoms with van der Waals surface area (Å²) in [6, 6.07) is 10.8. The van der Waals surface area contributed by atoms with Gasteiger partial charge in [0.25, 0.3) is 0 Å². The van der Waals surface area contributed by atoms with Crippen LogP contribution in [0.3, 0.4) is 0 Å². The summed E-state index contributed by atoms with van der Waals surface area (Å²) < 4.78 is 11.4. The number of aromatic nitrogens is 3. The minimum atomic E-state index is -0.848. The summed E-state index contributed by atoms with van der Waals surface area (Å²) in [5, 5.41) is 3.22. The van der Waals surface area contributed by atoms with Gasteiger partial charge >= 0.3 is 0 Å². The van der Waals surface area contributed by atoms with Gasteiger partial charge in [-0.05, 0) is 72.6 Å². The zero-order chi connectivity index (χ0) is 27.1. The highest BCUT2D eigenvalue weighted by molar-refractivity contribution is 7.84. The SMILES string of the molecule is C=C(Cc1cccnc1CC)N1CCc2cc(-c3ccnc(NCCS(C)=O)n3)cc(C(CC)CCC)c21. The molecule has 38 heavy (non-hydrogen) atoms. The molecule has 2 unspecified atom stereocenters. The Morgan fingerprint density at radius 2 is 2.03 bits per heavy atom. The van der Waals surface area contributed by atoms with Gasteiger partial charge in [0, 0.05) is 77.4 Å². The molecule has 1 aliphatic heterocycles. The molecule has 0 fully saturated rings. The summed E-state index contributed by atoms with van der Waals surface area (Å²) in [7, 11) is -0.848. The molecule has 2 atom stereocenters. The van der Waals surface area contributed by atoms with E-state index >= 15 is 0 Å². The molecule has 7 heteroatoms. The molecule has 0 amide bonds. The minimum absolute atomic E-state index is 0.477. The predicted molar refractivity (Wildman–Crippen MR) is 160 cm³/mol. The van der Waals surface area contributed by atoms with Gasteiger partial charge in [-0.2, -0.15) is 0 Å². The fourth-order valence-electron chi connectivity index (χ4n) is 5.46. The number of fused-ring (bicyclic) bond motifs is 1. The zero-order valence-corrected chi connectivity index (χ0v) is 24.1. The van der Waals surface area contributed by atoms with Crippen LogP contribution in [-0.4, -0.2) is 44.3 Å². The van der Waals surface area contributed by atoms with E-state index in [0.29, 0.717) is 24.2 Å². The highest BCUT2D eigenvalue weighted by atomic mass is 32.2. The molecule has 0 aliphatic carbocycles. The van der Waals surface area contributed by atoms with Gasteiger partial charge in [0.2, 0.25) is 5.95 Å². The maximum absolute atomic E-state index is 11.4. The van der Waals surface area contributed by atoms with Gasteiger partial charge in [-0.15, -0.1) is 0 Å². The summed E-state index contributed by atoms with van der Waals surface area (Å²) in [5.41, 5.74) is 9.70. The first-order valence-electron chi connectivity index (χ1n) is 13.9.